The monoisotopic (exact) mass is 340 g/mol. The maximum atomic E-state index is 5.78. The molecular formula is C16H25BrN2O. The number of nitrogens with one attached hydrogen (secondary N) is 1. The van der Waals surface area contributed by atoms with E-state index in [0.29, 0.717) is 12.1 Å². The molecule has 2 unspecified atom stereocenters. The van der Waals surface area contributed by atoms with E-state index in [1.54, 1.807) is 0 Å². The average Bonchev–Trinajstić information content (AvgIpc) is 2.47. The van der Waals surface area contributed by atoms with Gasteiger partial charge in [-0.15, -0.1) is 0 Å². The average molecular weight is 341 g/mol. The largest absolute Gasteiger partial charge is 0.375 e. The highest BCUT2D eigenvalue weighted by Crippen LogP contribution is 2.31. The first kappa shape index (κ1) is 15.8. The van der Waals surface area contributed by atoms with Crippen LogP contribution in [0.2, 0.25) is 0 Å². The molecule has 0 bridgehead atoms. The van der Waals surface area contributed by atoms with Crippen LogP contribution in [0.4, 0.5) is 5.69 Å². The molecule has 2 rings (SSSR count). The van der Waals surface area contributed by atoms with Gasteiger partial charge in [-0.05, 0) is 43.7 Å². The van der Waals surface area contributed by atoms with E-state index in [1.165, 1.54) is 11.3 Å². The standard InChI is InChI=1S/C16H25BrN2O/c1-4-14-11-19(8-9-20-14)16-7-6-13(17)10-15(16)12(3)18-5-2/h6-7,10,12,14,18H,4-5,8-9,11H2,1-3H3. The van der Waals surface area contributed by atoms with Gasteiger partial charge in [0, 0.05) is 29.3 Å². The molecule has 1 aliphatic heterocycles. The number of morpholine rings is 1. The predicted octanol–water partition coefficient (Wildman–Crippen LogP) is 3.73. The predicted molar refractivity (Wildman–Crippen MR) is 88.5 cm³/mol. The fraction of sp³-hybridized carbons (Fsp3) is 0.625. The molecule has 1 aromatic carbocycles. The number of benzene rings is 1. The number of ether oxygens (including phenoxy) is 1. The molecule has 0 aromatic heterocycles. The molecule has 0 radical (unpaired) electrons. The number of hydrogen-bond acceptors (Lipinski definition) is 3. The second kappa shape index (κ2) is 7.43. The molecule has 2 atom stereocenters. The summed E-state index contributed by atoms with van der Waals surface area (Å²) in [5.41, 5.74) is 2.70. The van der Waals surface area contributed by atoms with Crippen LogP contribution in [0.25, 0.3) is 0 Å². The van der Waals surface area contributed by atoms with E-state index in [-0.39, 0.29) is 0 Å². The van der Waals surface area contributed by atoms with Crippen LogP contribution in [0, 0.1) is 0 Å². The maximum Gasteiger partial charge on any atom is 0.0748 e. The maximum absolute atomic E-state index is 5.78. The van der Waals surface area contributed by atoms with Crippen molar-refractivity contribution in [3.63, 3.8) is 0 Å². The Bertz CT molecular complexity index is 438. The van der Waals surface area contributed by atoms with E-state index in [0.717, 1.165) is 37.1 Å². The van der Waals surface area contributed by atoms with Crippen LogP contribution in [-0.2, 0) is 4.74 Å². The highest BCUT2D eigenvalue weighted by atomic mass is 79.9. The third-order valence-corrected chi connectivity index (χ3v) is 4.39. The summed E-state index contributed by atoms with van der Waals surface area (Å²) in [7, 11) is 0. The Morgan fingerprint density at radius 1 is 1.45 bits per heavy atom. The van der Waals surface area contributed by atoms with Crippen molar-refractivity contribution in [2.24, 2.45) is 0 Å². The Morgan fingerprint density at radius 3 is 2.95 bits per heavy atom. The van der Waals surface area contributed by atoms with Crippen LogP contribution in [0.15, 0.2) is 22.7 Å². The van der Waals surface area contributed by atoms with Gasteiger partial charge in [0.2, 0.25) is 0 Å². The van der Waals surface area contributed by atoms with Crippen LogP contribution in [-0.4, -0.2) is 32.3 Å². The fourth-order valence-electron chi connectivity index (χ4n) is 2.76. The third-order valence-electron chi connectivity index (χ3n) is 3.90. The van der Waals surface area contributed by atoms with Gasteiger partial charge in [0.05, 0.1) is 12.7 Å². The number of nitrogens with zero attached hydrogens (tertiary/aromatic N) is 1. The Balaban J connectivity index is 2.25. The second-order valence-corrected chi connectivity index (χ2v) is 6.25. The van der Waals surface area contributed by atoms with Crippen molar-refractivity contribution in [1.29, 1.82) is 0 Å². The van der Waals surface area contributed by atoms with Gasteiger partial charge in [0.15, 0.2) is 0 Å². The quantitative estimate of drug-likeness (QED) is 0.883. The fourth-order valence-corrected chi connectivity index (χ4v) is 3.14. The lowest BCUT2D eigenvalue weighted by molar-refractivity contribution is 0.0383. The van der Waals surface area contributed by atoms with Crippen molar-refractivity contribution in [3.8, 4) is 0 Å². The lowest BCUT2D eigenvalue weighted by atomic mass is 10.0. The summed E-state index contributed by atoms with van der Waals surface area (Å²) in [6.07, 6.45) is 1.43. The van der Waals surface area contributed by atoms with E-state index >= 15 is 0 Å². The van der Waals surface area contributed by atoms with Crippen molar-refractivity contribution in [1.82, 2.24) is 5.32 Å². The molecule has 1 aliphatic rings. The topological polar surface area (TPSA) is 24.5 Å². The van der Waals surface area contributed by atoms with Crippen LogP contribution >= 0.6 is 15.9 Å². The summed E-state index contributed by atoms with van der Waals surface area (Å²) in [5.74, 6) is 0. The highest BCUT2D eigenvalue weighted by Gasteiger charge is 2.22. The first-order valence-corrected chi connectivity index (χ1v) is 8.34. The molecule has 3 nitrogen and oxygen atoms in total. The zero-order valence-electron chi connectivity index (χ0n) is 12.7. The molecule has 0 aliphatic carbocycles. The Kier molecular flexibility index (Phi) is 5.87. The Hall–Kier alpha value is -0.580. The molecule has 112 valence electrons. The summed E-state index contributed by atoms with van der Waals surface area (Å²) in [6, 6.07) is 6.95. The Morgan fingerprint density at radius 2 is 2.25 bits per heavy atom. The zero-order chi connectivity index (χ0) is 14.5. The second-order valence-electron chi connectivity index (χ2n) is 5.33. The number of rotatable bonds is 5. The van der Waals surface area contributed by atoms with Crippen molar-refractivity contribution < 1.29 is 4.74 Å². The van der Waals surface area contributed by atoms with Crippen molar-refractivity contribution in [3.05, 3.63) is 28.2 Å². The molecule has 1 N–H and O–H groups in total. The summed E-state index contributed by atoms with van der Waals surface area (Å²) in [6.45, 7) is 10.3. The van der Waals surface area contributed by atoms with Crippen LogP contribution in [0.1, 0.15) is 38.8 Å². The molecular weight excluding hydrogens is 316 g/mol. The molecule has 1 fully saturated rings. The van der Waals surface area contributed by atoms with E-state index in [9.17, 15) is 0 Å². The first-order chi connectivity index (χ1) is 9.65. The van der Waals surface area contributed by atoms with E-state index in [4.69, 9.17) is 4.74 Å². The van der Waals surface area contributed by atoms with Crippen LogP contribution < -0.4 is 10.2 Å². The van der Waals surface area contributed by atoms with E-state index in [1.807, 2.05) is 0 Å². The van der Waals surface area contributed by atoms with E-state index < -0.39 is 0 Å². The van der Waals surface area contributed by atoms with Crippen molar-refractivity contribution in [2.75, 3.05) is 31.1 Å². The van der Waals surface area contributed by atoms with Crippen molar-refractivity contribution in [2.45, 2.75) is 39.3 Å². The summed E-state index contributed by atoms with van der Waals surface area (Å²) < 4.78 is 6.92. The van der Waals surface area contributed by atoms with Gasteiger partial charge < -0.3 is 15.0 Å². The van der Waals surface area contributed by atoms with Crippen LogP contribution in [0.3, 0.4) is 0 Å². The lowest BCUT2D eigenvalue weighted by Crippen LogP contribution is -2.43. The van der Waals surface area contributed by atoms with Gasteiger partial charge in [-0.2, -0.15) is 0 Å². The van der Waals surface area contributed by atoms with Crippen LogP contribution in [0.5, 0.6) is 0 Å². The number of halogens is 1. The molecule has 1 aromatic rings. The SMILES string of the molecule is CCNC(C)c1cc(Br)ccc1N1CCOC(CC)C1. The lowest BCUT2D eigenvalue weighted by Gasteiger charge is -2.36. The molecule has 1 saturated heterocycles. The minimum atomic E-state index is 0.356. The molecule has 0 spiro atoms. The Labute approximate surface area is 130 Å². The molecule has 0 saturated carbocycles. The minimum Gasteiger partial charge on any atom is -0.375 e. The van der Waals surface area contributed by atoms with Gasteiger partial charge in [-0.1, -0.05) is 29.8 Å². The van der Waals surface area contributed by atoms with Gasteiger partial charge in [0.1, 0.15) is 0 Å². The number of anilines is 1. The summed E-state index contributed by atoms with van der Waals surface area (Å²) >= 11 is 3.59. The van der Waals surface area contributed by atoms with E-state index in [2.05, 4.69) is 65.1 Å². The molecule has 4 heteroatoms. The highest BCUT2D eigenvalue weighted by molar-refractivity contribution is 9.10. The van der Waals surface area contributed by atoms with Gasteiger partial charge in [0.25, 0.3) is 0 Å². The minimum absolute atomic E-state index is 0.356. The third kappa shape index (κ3) is 3.74. The first-order valence-electron chi connectivity index (χ1n) is 7.55. The normalized spacial score (nSPS) is 21.0. The van der Waals surface area contributed by atoms with Gasteiger partial charge >= 0.3 is 0 Å². The number of hydrogen-bond donors (Lipinski definition) is 1. The summed E-state index contributed by atoms with van der Waals surface area (Å²) in [5, 5.41) is 3.51. The van der Waals surface area contributed by atoms with Gasteiger partial charge in [-0.25, -0.2) is 0 Å². The molecule has 1 heterocycles. The molecule has 20 heavy (non-hydrogen) atoms. The summed E-state index contributed by atoms with van der Waals surface area (Å²) in [4.78, 5) is 2.47. The van der Waals surface area contributed by atoms with Crippen molar-refractivity contribution >= 4 is 21.6 Å². The molecule has 0 amide bonds. The zero-order valence-corrected chi connectivity index (χ0v) is 14.2. The smallest absolute Gasteiger partial charge is 0.0748 e. The van der Waals surface area contributed by atoms with Gasteiger partial charge in [-0.3, -0.25) is 0 Å².